The minimum absolute atomic E-state index is 0.0787. The molecule has 3 rings (SSSR count). The molecule has 0 radical (unpaired) electrons. The number of hydrogen-bond acceptors (Lipinski definition) is 4. The van der Waals surface area contributed by atoms with Crippen molar-refractivity contribution >= 4 is 0 Å². The molecule has 2 N–H and O–H groups in total. The maximum Gasteiger partial charge on any atom is 0.119 e. The monoisotopic (exact) mass is 318 g/mol. The molecule has 4 nitrogen and oxygen atoms in total. The molecule has 1 saturated heterocycles. The molecule has 1 aromatic rings. The van der Waals surface area contributed by atoms with Crippen LogP contribution in [0.1, 0.15) is 44.1 Å². The Morgan fingerprint density at radius 1 is 1.04 bits per heavy atom. The van der Waals surface area contributed by atoms with Gasteiger partial charge in [0.2, 0.25) is 0 Å². The molecule has 1 aliphatic carbocycles. The molecule has 0 spiro atoms. The minimum Gasteiger partial charge on any atom is -0.492 e. The SMILES string of the molecule is OC1CCC(NCc2ccc(OCCN3CCCC3)cc2)CC1. The molecule has 0 unspecified atom stereocenters. The number of ether oxygens (including phenoxy) is 1. The Bertz CT molecular complexity index is 449. The predicted molar refractivity (Wildman–Crippen MR) is 92.7 cm³/mol. The van der Waals surface area contributed by atoms with Crippen LogP contribution < -0.4 is 10.1 Å². The summed E-state index contributed by atoms with van der Waals surface area (Å²) in [6, 6.07) is 9.00. The number of likely N-dealkylation sites (tertiary alicyclic amines) is 1. The number of hydrogen-bond donors (Lipinski definition) is 2. The highest BCUT2D eigenvalue weighted by molar-refractivity contribution is 5.27. The van der Waals surface area contributed by atoms with E-state index in [1.807, 2.05) is 0 Å². The highest BCUT2D eigenvalue weighted by Gasteiger charge is 2.18. The molecule has 2 fully saturated rings. The Balaban J connectivity index is 1.35. The standard InChI is InChI=1S/C19H30N2O2/c22-18-7-5-17(6-8-18)20-15-16-3-9-19(10-4-16)23-14-13-21-11-1-2-12-21/h3-4,9-10,17-18,20,22H,1-2,5-8,11-15H2. The van der Waals surface area contributed by atoms with Crippen LogP contribution in [0.4, 0.5) is 0 Å². The van der Waals surface area contributed by atoms with Crippen molar-refractivity contribution in [2.45, 2.75) is 57.2 Å². The second kappa shape index (κ2) is 8.67. The first-order valence-corrected chi connectivity index (χ1v) is 9.15. The Labute approximate surface area is 139 Å². The Morgan fingerprint density at radius 3 is 2.43 bits per heavy atom. The Kier molecular flexibility index (Phi) is 6.31. The van der Waals surface area contributed by atoms with Crippen molar-refractivity contribution in [3.05, 3.63) is 29.8 Å². The quantitative estimate of drug-likeness (QED) is 0.811. The summed E-state index contributed by atoms with van der Waals surface area (Å²) in [5.74, 6) is 0.966. The van der Waals surface area contributed by atoms with Crippen LogP contribution in [0.15, 0.2) is 24.3 Å². The van der Waals surface area contributed by atoms with E-state index in [4.69, 9.17) is 4.74 Å². The molecule has 0 aromatic heterocycles. The highest BCUT2D eigenvalue weighted by atomic mass is 16.5. The molecule has 0 bridgehead atoms. The third kappa shape index (κ3) is 5.48. The molecule has 0 atom stereocenters. The van der Waals surface area contributed by atoms with Crippen LogP contribution >= 0.6 is 0 Å². The van der Waals surface area contributed by atoms with Crippen LogP contribution in [0, 0.1) is 0 Å². The van der Waals surface area contributed by atoms with E-state index in [1.165, 1.54) is 31.5 Å². The maximum absolute atomic E-state index is 9.54. The van der Waals surface area contributed by atoms with Gasteiger partial charge in [0.1, 0.15) is 12.4 Å². The van der Waals surface area contributed by atoms with Crippen LogP contribution in [-0.2, 0) is 6.54 Å². The fourth-order valence-electron chi connectivity index (χ4n) is 3.54. The van der Waals surface area contributed by atoms with E-state index in [0.29, 0.717) is 6.04 Å². The van der Waals surface area contributed by atoms with Gasteiger partial charge in [-0.15, -0.1) is 0 Å². The predicted octanol–water partition coefficient (Wildman–Crippen LogP) is 2.55. The van der Waals surface area contributed by atoms with E-state index >= 15 is 0 Å². The van der Waals surface area contributed by atoms with Gasteiger partial charge in [-0.05, 0) is 69.3 Å². The average Bonchev–Trinajstić information content (AvgIpc) is 3.09. The van der Waals surface area contributed by atoms with Crippen molar-refractivity contribution in [2.24, 2.45) is 0 Å². The molecule has 4 heteroatoms. The zero-order valence-electron chi connectivity index (χ0n) is 14.0. The molecule has 1 aromatic carbocycles. The van der Waals surface area contributed by atoms with E-state index in [0.717, 1.165) is 51.1 Å². The van der Waals surface area contributed by atoms with E-state index in [1.54, 1.807) is 0 Å². The molecule has 128 valence electrons. The highest BCUT2D eigenvalue weighted by Crippen LogP contribution is 2.19. The molecule has 1 heterocycles. The van der Waals surface area contributed by atoms with Gasteiger partial charge in [-0.1, -0.05) is 12.1 Å². The first-order valence-electron chi connectivity index (χ1n) is 9.15. The first-order chi connectivity index (χ1) is 11.3. The fourth-order valence-corrected chi connectivity index (χ4v) is 3.54. The topological polar surface area (TPSA) is 44.7 Å². The van der Waals surface area contributed by atoms with Gasteiger partial charge in [0.15, 0.2) is 0 Å². The van der Waals surface area contributed by atoms with E-state index in [-0.39, 0.29) is 6.10 Å². The number of aliphatic hydroxyl groups is 1. The number of aliphatic hydroxyl groups excluding tert-OH is 1. The largest absolute Gasteiger partial charge is 0.492 e. The van der Waals surface area contributed by atoms with Gasteiger partial charge in [0.25, 0.3) is 0 Å². The lowest BCUT2D eigenvalue weighted by molar-refractivity contribution is 0.116. The summed E-state index contributed by atoms with van der Waals surface area (Å²) in [4.78, 5) is 2.47. The van der Waals surface area contributed by atoms with Gasteiger partial charge in [0.05, 0.1) is 6.10 Å². The summed E-state index contributed by atoms with van der Waals surface area (Å²) in [5, 5.41) is 13.1. The van der Waals surface area contributed by atoms with Crippen LogP contribution in [0.25, 0.3) is 0 Å². The number of benzene rings is 1. The summed E-state index contributed by atoms with van der Waals surface area (Å²) in [5.41, 5.74) is 1.29. The normalized spacial score (nSPS) is 25.6. The number of nitrogens with zero attached hydrogens (tertiary/aromatic N) is 1. The van der Waals surface area contributed by atoms with Gasteiger partial charge in [-0.3, -0.25) is 4.90 Å². The van der Waals surface area contributed by atoms with Crippen LogP contribution in [0.3, 0.4) is 0 Å². The molecule has 2 aliphatic rings. The van der Waals surface area contributed by atoms with Crippen LogP contribution in [0.2, 0.25) is 0 Å². The molecule has 23 heavy (non-hydrogen) atoms. The van der Waals surface area contributed by atoms with Crippen molar-refractivity contribution in [1.29, 1.82) is 0 Å². The summed E-state index contributed by atoms with van der Waals surface area (Å²) in [6.07, 6.45) is 6.62. The Hall–Kier alpha value is -1.10. The smallest absolute Gasteiger partial charge is 0.119 e. The van der Waals surface area contributed by atoms with E-state index < -0.39 is 0 Å². The number of rotatable bonds is 7. The third-order valence-electron chi connectivity index (χ3n) is 5.09. The van der Waals surface area contributed by atoms with Gasteiger partial charge in [-0.2, -0.15) is 0 Å². The lowest BCUT2D eigenvalue weighted by atomic mass is 9.93. The number of nitrogens with one attached hydrogen (secondary N) is 1. The van der Waals surface area contributed by atoms with Crippen molar-refractivity contribution in [3.63, 3.8) is 0 Å². The maximum atomic E-state index is 9.54. The van der Waals surface area contributed by atoms with Crippen molar-refractivity contribution < 1.29 is 9.84 Å². The third-order valence-corrected chi connectivity index (χ3v) is 5.09. The van der Waals surface area contributed by atoms with E-state index in [9.17, 15) is 5.11 Å². The zero-order chi connectivity index (χ0) is 15.9. The summed E-state index contributed by atoms with van der Waals surface area (Å²) >= 11 is 0. The lowest BCUT2D eigenvalue weighted by Gasteiger charge is -2.26. The zero-order valence-corrected chi connectivity index (χ0v) is 14.0. The molecular weight excluding hydrogens is 288 g/mol. The van der Waals surface area contributed by atoms with Crippen molar-refractivity contribution in [3.8, 4) is 5.75 Å². The molecular formula is C19H30N2O2. The van der Waals surface area contributed by atoms with E-state index in [2.05, 4.69) is 34.5 Å². The minimum atomic E-state index is -0.0787. The van der Waals surface area contributed by atoms with Crippen LogP contribution in [0.5, 0.6) is 5.75 Å². The average molecular weight is 318 g/mol. The molecule has 1 saturated carbocycles. The second-order valence-corrected chi connectivity index (χ2v) is 6.93. The van der Waals surface area contributed by atoms with Gasteiger partial charge >= 0.3 is 0 Å². The summed E-state index contributed by atoms with van der Waals surface area (Å²) in [7, 11) is 0. The lowest BCUT2D eigenvalue weighted by Crippen LogP contribution is -2.34. The van der Waals surface area contributed by atoms with Gasteiger partial charge in [0, 0.05) is 19.1 Å². The second-order valence-electron chi connectivity index (χ2n) is 6.93. The van der Waals surface area contributed by atoms with Gasteiger partial charge in [-0.25, -0.2) is 0 Å². The first kappa shape index (κ1) is 16.7. The molecule has 1 aliphatic heterocycles. The summed E-state index contributed by atoms with van der Waals surface area (Å²) in [6.45, 7) is 5.17. The summed E-state index contributed by atoms with van der Waals surface area (Å²) < 4.78 is 5.84. The fraction of sp³-hybridized carbons (Fsp3) is 0.684. The van der Waals surface area contributed by atoms with Gasteiger partial charge < -0.3 is 15.2 Å². The van der Waals surface area contributed by atoms with Crippen LogP contribution in [-0.4, -0.2) is 48.4 Å². The van der Waals surface area contributed by atoms with Crippen molar-refractivity contribution in [1.82, 2.24) is 10.2 Å². The Morgan fingerprint density at radius 2 is 1.74 bits per heavy atom. The van der Waals surface area contributed by atoms with Crippen molar-refractivity contribution in [2.75, 3.05) is 26.2 Å². The molecule has 0 amide bonds.